The Morgan fingerprint density at radius 3 is 3.00 bits per heavy atom. The molecule has 104 valence electrons. The number of carbonyl (C=O) groups is 1. The van der Waals surface area contributed by atoms with Gasteiger partial charge in [0.25, 0.3) is 0 Å². The van der Waals surface area contributed by atoms with Crippen LogP contribution in [0.2, 0.25) is 0 Å². The van der Waals surface area contributed by atoms with E-state index in [1.165, 1.54) is 6.08 Å². The summed E-state index contributed by atoms with van der Waals surface area (Å²) >= 11 is 3.40. The molecule has 2 aromatic rings. The van der Waals surface area contributed by atoms with Crippen molar-refractivity contribution in [3.8, 4) is 5.75 Å². The minimum absolute atomic E-state index is 0.145. The maximum Gasteiger partial charge on any atom is 0.244 e. The molecule has 0 atom stereocenters. The largest absolute Gasteiger partial charge is 0.496 e. The van der Waals surface area contributed by atoms with Crippen molar-refractivity contribution in [1.29, 1.82) is 0 Å². The Morgan fingerprint density at radius 1 is 1.45 bits per heavy atom. The SMILES string of the molecule is COc1ccc(Br)cc1/C=C/C(=O)NCc1cc[nH]c1. The fraction of sp³-hybridized carbons (Fsp3) is 0.133. The third-order valence-corrected chi connectivity index (χ3v) is 3.23. The predicted molar refractivity (Wildman–Crippen MR) is 82.4 cm³/mol. The van der Waals surface area contributed by atoms with Gasteiger partial charge in [-0.1, -0.05) is 15.9 Å². The number of aromatic amines is 1. The second kappa shape index (κ2) is 6.96. The summed E-state index contributed by atoms with van der Waals surface area (Å²) < 4.78 is 6.18. The van der Waals surface area contributed by atoms with Crippen LogP contribution in [0.15, 0.2) is 47.2 Å². The van der Waals surface area contributed by atoms with E-state index in [0.29, 0.717) is 6.54 Å². The van der Waals surface area contributed by atoms with Gasteiger partial charge in [-0.25, -0.2) is 0 Å². The Balaban J connectivity index is 1.98. The number of amides is 1. The van der Waals surface area contributed by atoms with Crippen molar-refractivity contribution < 1.29 is 9.53 Å². The molecular weight excluding hydrogens is 320 g/mol. The molecule has 0 saturated carbocycles. The lowest BCUT2D eigenvalue weighted by Crippen LogP contribution is -2.19. The molecule has 1 aromatic carbocycles. The van der Waals surface area contributed by atoms with Crippen LogP contribution in [-0.2, 0) is 11.3 Å². The van der Waals surface area contributed by atoms with E-state index in [4.69, 9.17) is 4.74 Å². The van der Waals surface area contributed by atoms with Crippen molar-refractivity contribution in [3.05, 3.63) is 58.3 Å². The average molecular weight is 335 g/mol. The summed E-state index contributed by atoms with van der Waals surface area (Å²) in [6.45, 7) is 0.502. The summed E-state index contributed by atoms with van der Waals surface area (Å²) in [6, 6.07) is 7.56. The summed E-state index contributed by atoms with van der Waals surface area (Å²) in [4.78, 5) is 14.7. The molecule has 0 aliphatic carbocycles. The average Bonchev–Trinajstić information content (AvgIpc) is 2.96. The smallest absolute Gasteiger partial charge is 0.244 e. The Hall–Kier alpha value is -2.01. The first-order valence-electron chi connectivity index (χ1n) is 6.10. The van der Waals surface area contributed by atoms with Crippen molar-refractivity contribution in [2.45, 2.75) is 6.54 Å². The van der Waals surface area contributed by atoms with E-state index >= 15 is 0 Å². The summed E-state index contributed by atoms with van der Waals surface area (Å²) in [5.74, 6) is 0.580. The third-order valence-electron chi connectivity index (χ3n) is 2.74. The van der Waals surface area contributed by atoms with Gasteiger partial charge < -0.3 is 15.0 Å². The van der Waals surface area contributed by atoms with Gasteiger partial charge in [0.2, 0.25) is 5.91 Å². The first-order valence-corrected chi connectivity index (χ1v) is 6.89. The van der Waals surface area contributed by atoms with E-state index < -0.39 is 0 Å². The van der Waals surface area contributed by atoms with E-state index in [-0.39, 0.29) is 5.91 Å². The van der Waals surface area contributed by atoms with Crippen LogP contribution in [0, 0.1) is 0 Å². The molecule has 0 saturated heterocycles. The van der Waals surface area contributed by atoms with Crippen molar-refractivity contribution in [2.24, 2.45) is 0 Å². The molecule has 0 fully saturated rings. The van der Waals surface area contributed by atoms with Gasteiger partial charge in [0.05, 0.1) is 7.11 Å². The van der Waals surface area contributed by atoms with Crippen LogP contribution in [0.25, 0.3) is 6.08 Å². The fourth-order valence-electron chi connectivity index (χ4n) is 1.72. The maximum atomic E-state index is 11.7. The summed E-state index contributed by atoms with van der Waals surface area (Å²) in [5, 5.41) is 2.81. The van der Waals surface area contributed by atoms with Gasteiger partial charge in [0, 0.05) is 35.1 Å². The van der Waals surface area contributed by atoms with Crippen molar-refractivity contribution >= 4 is 27.9 Å². The summed E-state index contributed by atoms with van der Waals surface area (Å²) in [5.41, 5.74) is 1.88. The minimum atomic E-state index is -0.145. The highest BCUT2D eigenvalue weighted by atomic mass is 79.9. The van der Waals surface area contributed by atoms with Crippen LogP contribution in [0.3, 0.4) is 0 Å². The summed E-state index contributed by atoms with van der Waals surface area (Å²) in [6.07, 6.45) is 6.90. The number of hydrogen-bond acceptors (Lipinski definition) is 2. The number of benzene rings is 1. The molecule has 0 unspecified atom stereocenters. The van der Waals surface area contributed by atoms with Crippen LogP contribution < -0.4 is 10.1 Å². The molecule has 0 bridgehead atoms. The molecule has 1 amide bonds. The zero-order chi connectivity index (χ0) is 14.4. The number of carbonyl (C=O) groups excluding carboxylic acids is 1. The second-order valence-electron chi connectivity index (χ2n) is 4.16. The normalized spacial score (nSPS) is 10.7. The van der Waals surface area contributed by atoms with E-state index in [1.54, 1.807) is 13.2 Å². The van der Waals surface area contributed by atoms with Gasteiger partial charge in [-0.2, -0.15) is 0 Å². The van der Waals surface area contributed by atoms with E-state index in [2.05, 4.69) is 26.2 Å². The van der Waals surface area contributed by atoms with Crippen LogP contribution in [0.1, 0.15) is 11.1 Å². The van der Waals surface area contributed by atoms with E-state index in [9.17, 15) is 4.79 Å². The number of aromatic nitrogens is 1. The lowest BCUT2D eigenvalue weighted by atomic mass is 10.2. The van der Waals surface area contributed by atoms with Gasteiger partial charge in [-0.15, -0.1) is 0 Å². The first-order chi connectivity index (χ1) is 9.69. The molecule has 1 aromatic heterocycles. The standard InChI is InChI=1S/C15H15BrN2O2/c1-20-14-4-3-13(16)8-12(14)2-5-15(19)18-10-11-6-7-17-9-11/h2-9,17H,10H2,1H3,(H,18,19)/b5-2+. The molecule has 0 spiro atoms. The highest BCUT2D eigenvalue weighted by molar-refractivity contribution is 9.10. The highest BCUT2D eigenvalue weighted by Gasteiger charge is 2.02. The Labute approximate surface area is 126 Å². The van der Waals surface area contributed by atoms with Crippen molar-refractivity contribution in [2.75, 3.05) is 7.11 Å². The molecule has 20 heavy (non-hydrogen) atoms. The number of rotatable bonds is 5. The van der Waals surface area contributed by atoms with Gasteiger partial charge >= 0.3 is 0 Å². The highest BCUT2D eigenvalue weighted by Crippen LogP contribution is 2.23. The Bertz CT molecular complexity index is 606. The first kappa shape index (κ1) is 14.4. The minimum Gasteiger partial charge on any atom is -0.496 e. The molecule has 0 aliphatic heterocycles. The topological polar surface area (TPSA) is 54.1 Å². The molecular formula is C15H15BrN2O2. The fourth-order valence-corrected chi connectivity index (χ4v) is 2.10. The molecule has 0 radical (unpaired) electrons. The zero-order valence-electron chi connectivity index (χ0n) is 11.0. The number of nitrogens with one attached hydrogen (secondary N) is 2. The van der Waals surface area contributed by atoms with Crippen LogP contribution in [-0.4, -0.2) is 18.0 Å². The van der Waals surface area contributed by atoms with Crippen LogP contribution >= 0.6 is 15.9 Å². The molecule has 4 nitrogen and oxygen atoms in total. The maximum absolute atomic E-state index is 11.7. The Morgan fingerprint density at radius 2 is 2.30 bits per heavy atom. The monoisotopic (exact) mass is 334 g/mol. The molecule has 2 N–H and O–H groups in total. The number of halogens is 1. The van der Waals surface area contributed by atoms with Gasteiger partial charge in [-0.3, -0.25) is 4.79 Å². The van der Waals surface area contributed by atoms with Crippen molar-refractivity contribution in [1.82, 2.24) is 10.3 Å². The number of ether oxygens (including phenoxy) is 1. The number of methoxy groups -OCH3 is 1. The van der Waals surface area contributed by atoms with Gasteiger partial charge in [0.15, 0.2) is 0 Å². The van der Waals surface area contributed by atoms with Crippen LogP contribution in [0.4, 0.5) is 0 Å². The molecule has 5 heteroatoms. The molecule has 0 aliphatic rings. The molecule has 2 rings (SSSR count). The van der Waals surface area contributed by atoms with Crippen LogP contribution in [0.5, 0.6) is 5.75 Å². The summed E-state index contributed by atoms with van der Waals surface area (Å²) in [7, 11) is 1.60. The lowest BCUT2D eigenvalue weighted by molar-refractivity contribution is -0.116. The lowest BCUT2D eigenvalue weighted by Gasteiger charge is -2.05. The molecule has 1 heterocycles. The van der Waals surface area contributed by atoms with E-state index in [1.807, 2.05) is 36.7 Å². The van der Waals surface area contributed by atoms with Crippen molar-refractivity contribution in [3.63, 3.8) is 0 Å². The zero-order valence-corrected chi connectivity index (χ0v) is 12.6. The number of H-pyrrole nitrogens is 1. The Kier molecular flexibility index (Phi) is 5.01. The van der Waals surface area contributed by atoms with E-state index in [0.717, 1.165) is 21.3 Å². The second-order valence-corrected chi connectivity index (χ2v) is 5.07. The van der Waals surface area contributed by atoms with Gasteiger partial charge in [-0.05, 0) is 35.9 Å². The quantitative estimate of drug-likeness (QED) is 0.825. The third kappa shape index (κ3) is 3.99. The van der Waals surface area contributed by atoms with Gasteiger partial charge in [0.1, 0.15) is 5.75 Å². The number of hydrogen-bond donors (Lipinski definition) is 2. The predicted octanol–water partition coefficient (Wildman–Crippen LogP) is 3.12.